The molecule has 0 amide bonds. The van der Waals surface area contributed by atoms with E-state index in [0.717, 1.165) is 11.3 Å². The van der Waals surface area contributed by atoms with E-state index in [1.54, 1.807) is 6.07 Å². The average molecular weight is 288 g/mol. The molecule has 0 aliphatic heterocycles. The van der Waals surface area contributed by atoms with E-state index in [-0.39, 0.29) is 18.4 Å². The molecule has 1 heterocycles. The van der Waals surface area contributed by atoms with Gasteiger partial charge < -0.3 is 9.84 Å². The second kappa shape index (κ2) is 6.69. The van der Waals surface area contributed by atoms with Gasteiger partial charge >= 0.3 is 5.97 Å². The zero-order chi connectivity index (χ0) is 15.2. The van der Waals surface area contributed by atoms with Gasteiger partial charge in [-0.25, -0.2) is 5.10 Å². The number of hydrogen-bond donors (Lipinski definition) is 2. The summed E-state index contributed by atoms with van der Waals surface area (Å²) >= 11 is 0. The van der Waals surface area contributed by atoms with Crippen molar-refractivity contribution in [1.82, 2.24) is 10.2 Å². The van der Waals surface area contributed by atoms with Crippen molar-refractivity contribution in [1.29, 1.82) is 0 Å². The molecule has 2 rings (SSSR count). The Morgan fingerprint density at radius 1 is 1.38 bits per heavy atom. The molecule has 0 bridgehead atoms. The Hall–Kier alpha value is -2.63. The van der Waals surface area contributed by atoms with Gasteiger partial charge in [0, 0.05) is 17.5 Å². The number of carboxylic acid groups (broad SMARTS) is 1. The molecule has 110 valence electrons. The number of aliphatic carboxylic acids is 1. The molecule has 2 N–H and O–H groups in total. The van der Waals surface area contributed by atoms with Gasteiger partial charge in [-0.3, -0.25) is 9.59 Å². The van der Waals surface area contributed by atoms with Crippen molar-refractivity contribution in [2.75, 3.05) is 6.61 Å². The van der Waals surface area contributed by atoms with Crippen LogP contribution in [0.25, 0.3) is 11.3 Å². The van der Waals surface area contributed by atoms with E-state index in [9.17, 15) is 9.59 Å². The van der Waals surface area contributed by atoms with Gasteiger partial charge in [-0.1, -0.05) is 12.1 Å². The Morgan fingerprint density at radius 3 is 2.90 bits per heavy atom. The van der Waals surface area contributed by atoms with Crippen molar-refractivity contribution in [3.8, 4) is 17.0 Å². The second-order valence-corrected chi connectivity index (χ2v) is 4.46. The van der Waals surface area contributed by atoms with Crippen molar-refractivity contribution in [3.63, 3.8) is 0 Å². The summed E-state index contributed by atoms with van der Waals surface area (Å²) < 4.78 is 5.42. The molecular weight excluding hydrogens is 272 g/mol. The molecule has 6 nitrogen and oxygen atoms in total. The third kappa shape index (κ3) is 3.92. The Morgan fingerprint density at radius 2 is 2.19 bits per heavy atom. The van der Waals surface area contributed by atoms with E-state index >= 15 is 0 Å². The van der Waals surface area contributed by atoms with E-state index in [2.05, 4.69) is 10.2 Å². The highest BCUT2D eigenvalue weighted by molar-refractivity contribution is 5.67. The number of aromatic nitrogens is 2. The standard InChI is InChI=1S/C15H16N2O4/c1-2-21-12-5-3-4-10(8-12)13-9-11(6-7-14(18)19)15(20)17-16-13/h3-5,8-9H,2,6-7H2,1H3,(H,17,20)(H,18,19). The molecule has 0 spiro atoms. The molecule has 0 fully saturated rings. The van der Waals surface area contributed by atoms with Crippen LogP contribution in [0.2, 0.25) is 0 Å². The Labute approximate surface area is 121 Å². The highest BCUT2D eigenvalue weighted by Crippen LogP contribution is 2.22. The summed E-state index contributed by atoms with van der Waals surface area (Å²) in [5, 5.41) is 15.1. The van der Waals surface area contributed by atoms with Crippen LogP contribution in [0.4, 0.5) is 0 Å². The van der Waals surface area contributed by atoms with Crippen LogP contribution < -0.4 is 10.3 Å². The summed E-state index contributed by atoms with van der Waals surface area (Å²) in [6.45, 7) is 2.46. The average Bonchev–Trinajstić information content (AvgIpc) is 2.47. The third-order valence-electron chi connectivity index (χ3n) is 2.93. The first kappa shape index (κ1) is 14.8. The molecule has 1 aromatic carbocycles. The number of nitrogens with one attached hydrogen (secondary N) is 1. The molecule has 0 aliphatic carbocycles. The van der Waals surface area contributed by atoms with Crippen molar-refractivity contribution in [2.45, 2.75) is 19.8 Å². The predicted molar refractivity (Wildman–Crippen MR) is 77.4 cm³/mol. The van der Waals surface area contributed by atoms with Crippen LogP contribution in [0.15, 0.2) is 35.1 Å². The zero-order valence-corrected chi connectivity index (χ0v) is 11.6. The van der Waals surface area contributed by atoms with Crippen LogP contribution in [0.3, 0.4) is 0 Å². The fourth-order valence-electron chi connectivity index (χ4n) is 1.93. The lowest BCUT2D eigenvalue weighted by atomic mass is 10.1. The summed E-state index contributed by atoms with van der Waals surface area (Å²) in [4.78, 5) is 22.3. The van der Waals surface area contributed by atoms with Gasteiger partial charge in [0.1, 0.15) is 5.75 Å². The van der Waals surface area contributed by atoms with Crippen molar-refractivity contribution in [3.05, 3.63) is 46.2 Å². The monoisotopic (exact) mass is 288 g/mol. The summed E-state index contributed by atoms with van der Waals surface area (Å²) in [7, 11) is 0. The van der Waals surface area contributed by atoms with Gasteiger partial charge in [0.2, 0.25) is 0 Å². The molecule has 0 atom stereocenters. The summed E-state index contributed by atoms with van der Waals surface area (Å²) in [6.07, 6.45) is 0.0802. The Bertz CT molecular complexity index is 694. The van der Waals surface area contributed by atoms with Crippen LogP contribution in [-0.4, -0.2) is 27.9 Å². The fourth-order valence-corrected chi connectivity index (χ4v) is 1.93. The molecule has 0 saturated carbocycles. The number of carboxylic acids is 1. The maximum Gasteiger partial charge on any atom is 0.303 e. The van der Waals surface area contributed by atoms with Crippen molar-refractivity contribution >= 4 is 5.97 Å². The molecule has 0 saturated heterocycles. The number of aromatic amines is 1. The molecule has 1 aromatic heterocycles. The molecule has 6 heteroatoms. The van der Waals surface area contributed by atoms with Crippen LogP contribution >= 0.6 is 0 Å². The van der Waals surface area contributed by atoms with Gasteiger partial charge in [-0.05, 0) is 31.5 Å². The number of aryl methyl sites for hydroxylation is 1. The minimum Gasteiger partial charge on any atom is -0.494 e. The highest BCUT2D eigenvalue weighted by atomic mass is 16.5. The molecule has 21 heavy (non-hydrogen) atoms. The molecule has 0 unspecified atom stereocenters. The molecule has 2 aromatic rings. The van der Waals surface area contributed by atoms with E-state index in [1.165, 1.54) is 0 Å². The minimum atomic E-state index is -0.939. The lowest BCUT2D eigenvalue weighted by molar-refractivity contribution is -0.136. The van der Waals surface area contributed by atoms with Crippen molar-refractivity contribution in [2.24, 2.45) is 0 Å². The summed E-state index contributed by atoms with van der Waals surface area (Å²) in [5.74, 6) is -0.221. The van der Waals surface area contributed by atoms with Gasteiger partial charge in [-0.15, -0.1) is 0 Å². The Balaban J connectivity index is 2.31. The number of benzene rings is 1. The number of hydrogen-bond acceptors (Lipinski definition) is 4. The van der Waals surface area contributed by atoms with E-state index in [4.69, 9.17) is 9.84 Å². The summed E-state index contributed by atoms with van der Waals surface area (Å²) in [6, 6.07) is 8.97. The first-order valence-electron chi connectivity index (χ1n) is 6.63. The van der Waals surface area contributed by atoms with E-state index in [0.29, 0.717) is 17.9 Å². The second-order valence-electron chi connectivity index (χ2n) is 4.46. The number of H-pyrrole nitrogens is 1. The van der Waals surface area contributed by atoms with Crippen LogP contribution in [-0.2, 0) is 11.2 Å². The number of carbonyl (C=O) groups is 1. The van der Waals surface area contributed by atoms with Gasteiger partial charge in [0.15, 0.2) is 0 Å². The predicted octanol–water partition coefficient (Wildman–Crippen LogP) is 1.85. The van der Waals surface area contributed by atoms with Gasteiger partial charge in [-0.2, -0.15) is 5.10 Å². The topological polar surface area (TPSA) is 92.3 Å². The van der Waals surface area contributed by atoms with Crippen molar-refractivity contribution < 1.29 is 14.6 Å². The molecule has 0 aliphatic rings. The lowest BCUT2D eigenvalue weighted by Gasteiger charge is -2.06. The SMILES string of the molecule is CCOc1cccc(-c2cc(CCC(=O)O)c(=O)[nH]n2)c1. The zero-order valence-electron chi connectivity index (χ0n) is 11.6. The quantitative estimate of drug-likeness (QED) is 0.846. The van der Waals surface area contributed by atoms with Crippen LogP contribution in [0.1, 0.15) is 18.9 Å². The summed E-state index contributed by atoms with van der Waals surface area (Å²) in [5.41, 5.74) is 1.43. The Kier molecular flexibility index (Phi) is 4.71. The van der Waals surface area contributed by atoms with Crippen LogP contribution in [0.5, 0.6) is 5.75 Å². The normalized spacial score (nSPS) is 10.3. The van der Waals surface area contributed by atoms with Crippen LogP contribution in [0, 0.1) is 0 Å². The maximum absolute atomic E-state index is 11.6. The van der Waals surface area contributed by atoms with Gasteiger partial charge in [0.05, 0.1) is 12.3 Å². The minimum absolute atomic E-state index is 0.0917. The number of ether oxygens (including phenoxy) is 1. The third-order valence-corrected chi connectivity index (χ3v) is 2.93. The maximum atomic E-state index is 11.6. The van der Waals surface area contributed by atoms with Gasteiger partial charge in [0.25, 0.3) is 5.56 Å². The fraction of sp³-hybridized carbons (Fsp3) is 0.267. The first-order chi connectivity index (χ1) is 10.1. The lowest BCUT2D eigenvalue weighted by Crippen LogP contribution is -2.15. The van der Waals surface area contributed by atoms with E-state index < -0.39 is 5.97 Å². The largest absolute Gasteiger partial charge is 0.494 e. The smallest absolute Gasteiger partial charge is 0.303 e. The van der Waals surface area contributed by atoms with E-state index in [1.807, 2.05) is 31.2 Å². The molecular formula is C15H16N2O4. The number of rotatable bonds is 6. The highest BCUT2D eigenvalue weighted by Gasteiger charge is 2.08. The number of nitrogens with zero attached hydrogens (tertiary/aromatic N) is 1. The molecule has 0 radical (unpaired) electrons. The first-order valence-corrected chi connectivity index (χ1v) is 6.63.